The number of aromatic nitrogens is 1. The van der Waals surface area contributed by atoms with E-state index in [1.165, 1.54) is 6.20 Å². The number of hydrogen-bond acceptors (Lipinski definition) is 5. The highest BCUT2D eigenvalue weighted by Crippen LogP contribution is 2.18. The zero-order chi connectivity index (χ0) is 13.9. The van der Waals surface area contributed by atoms with E-state index in [0.29, 0.717) is 12.2 Å². The lowest BCUT2D eigenvalue weighted by Crippen LogP contribution is -2.46. The van der Waals surface area contributed by atoms with Crippen molar-refractivity contribution in [2.75, 3.05) is 23.4 Å². The van der Waals surface area contributed by atoms with Gasteiger partial charge in [-0.2, -0.15) is 0 Å². The second kappa shape index (κ2) is 5.85. The molecule has 0 radical (unpaired) electrons. The molecule has 6 nitrogen and oxygen atoms in total. The molecule has 0 spiro atoms. The van der Waals surface area contributed by atoms with Gasteiger partial charge in [0.05, 0.1) is 17.2 Å². The molecule has 0 bridgehead atoms. The summed E-state index contributed by atoms with van der Waals surface area (Å²) in [6.45, 7) is 0.383. The highest BCUT2D eigenvalue weighted by Gasteiger charge is 2.26. The zero-order valence-electron chi connectivity index (χ0n) is 10.1. The van der Waals surface area contributed by atoms with E-state index in [9.17, 15) is 13.2 Å². The number of amides is 1. The smallest absolute Gasteiger partial charge is 0.226 e. The lowest BCUT2D eigenvalue weighted by molar-refractivity contribution is -0.116. The van der Waals surface area contributed by atoms with Crippen LogP contribution in [0.1, 0.15) is 6.42 Å². The Kier molecular flexibility index (Phi) is 4.38. The molecule has 1 fully saturated rings. The number of sulfone groups is 1. The van der Waals surface area contributed by atoms with Crippen LogP contribution < -0.4 is 10.6 Å². The minimum atomic E-state index is -3.04. The van der Waals surface area contributed by atoms with Crippen molar-refractivity contribution in [1.82, 2.24) is 10.3 Å². The Hall–Kier alpha value is -1.18. The molecule has 8 heteroatoms. The van der Waals surface area contributed by atoms with E-state index in [2.05, 4.69) is 15.6 Å². The van der Waals surface area contributed by atoms with Gasteiger partial charge in [-0.05, 0) is 12.1 Å². The van der Waals surface area contributed by atoms with Gasteiger partial charge in [-0.1, -0.05) is 11.6 Å². The molecular weight excluding hydrogens is 290 g/mol. The summed E-state index contributed by atoms with van der Waals surface area (Å²) in [5.74, 6) is -0.176. The highest BCUT2D eigenvalue weighted by atomic mass is 35.5. The number of anilines is 1. The molecule has 0 aliphatic carbocycles. The monoisotopic (exact) mass is 303 g/mol. The molecule has 19 heavy (non-hydrogen) atoms. The second-order valence-electron chi connectivity index (χ2n) is 4.36. The minimum Gasteiger partial charge on any atom is -0.323 e. The normalized spacial score (nSPS) is 21.8. The molecule has 0 saturated carbocycles. The van der Waals surface area contributed by atoms with Gasteiger partial charge in [0.25, 0.3) is 0 Å². The van der Waals surface area contributed by atoms with E-state index < -0.39 is 9.84 Å². The van der Waals surface area contributed by atoms with E-state index in [0.717, 1.165) is 0 Å². The molecule has 2 rings (SSSR count). The SMILES string of the molecule is O=C(CC1CS(=O)(=O)CCN1)Nc1cccnc1Cl. The van der Waals surface area contributed by atoms with Gasteiger partial charge in [0.2, 0.25) is 5.91 Å². The van der Waals surface area contributed by atoms with Crippen LogP contribution in [0.5, 0.6) is 0 Å². The molecule has 1 aliphatic heterocycles. The van der Waals surface area contributed by atoms with Gasteiger partial charge in [-0.25, -0.2) is 13.4 Å². The van der Waals surface area contributed by atoms with Crippen LogP contribution in [0.3, 0.4) is 0 Å². The zero-order valence-corrected chi connectivity index (χ0v) is 11.7. The first-order valence-electron chi connectivity index (χ1n) is 5.80. The van der Waals surface area contributed by atoms with Crippen molar-refractivity contribution in [3.05, 3.63) is 23.5 Å². The summed E-state index contributed by atoms with van der Waals surface area (Å²) in [5, 5.41) is 5.84. The molecule has 2 heterocycles. The Morgan fingerprint density at radius 3 is 3.05 bits per heavy atom. The predicted molar refractivity (Wildman–Crippen MR) is 72.9 cm³/mol. The average Bonchev–Trinajstić information content (AvgIpc) is 2.30. The Bertz CT molecular complexity index is 576. The van der Waals surface area contributed by atoms with Gasteiger partial charge in [-0.3, -0.25) is 4.79 Å². The molecule has 1 amide bonds. The summed E-state index contributed by atoms with van der Waals surface area (Å²) in [6, 6.07) is 2.94. The molecule has 2 N–H and O–H groups in total. The number of nitrogens with zero attached hydrogens (tertiary/aromatic N) is 1. The van der Waals surface area contributed by atoms with Gasteiger partial charge >= 0.3 is 0 Å². The highest BCUT2D eigenvalue weighted by molar-refractivity contribution is 7.91. The molecule has 1 unspecified atom stereocenters. The summed E-state index contributed by atoms with van der Waals surface area (Å²) in [5.41, 5.74) is 0.424. The first kappa shape index (κ1) is 14.2. The molecule has 1 aromatic rings. The number of carbonyl (C=O) groups excluding carboxylic acids is 1. The number of halogens is 1. The predicted octanol–water partition coefficient (Wildman–Crippen LogP) is 0.450. The molecule has 1 atom stereocenters. The summed E-state index contributed by atoms with van der Waals surface area (Å²) < 4.78 is 22.9. The molecule has 1 aliphatic rings. The van der Waals surface area contributed by atoms with Crippen molar-refractivity contribution in [2.24, 2.45) is 0 Å². The van der Waals surface area contributed by atoms with Crippen LogP contribution in [0, 0.1) is 0 Å². The van der Waals surface area contributed by atoms with Crippen LogP contribution >= 0.6 is 11.6 Å². The standard InChI is InChI=1S/C11H14ClN3O3S/c12-11-9(2-1-3-14-11)15-10(16)6-8-7-19(17,18)5-4-13-8/h1-3,8,13H,4-7H2,(H,15,16). The topological polar surface area (TPSA) is 88.2 Å². The van der Waals surface area contributed by atoms with E-state index in [1.54, 1.807) is 12.1 Å². The van der Waals surface area contributed by atoms with E-state index in [-0.39, 0.29) is 35.0 Å². The maximum Gasteiger partial charge on any atom is 0.226 e. The second-order valence-corrected chi connectivity index (χ2v) is 6.95. The summed E-state index contributed by atoms with van der Waals surface area (Å²) in [7, 11) is -3.04. The summed E-state index contributed by atoms with van der Waals surface area (Å²) in [6.07, 6.45) is 1.61. The summed E-state index contributed by atoms with van der Waals surface area (Å²) in [4.78, 5) is 15.7. The number of carbonyl (C=O) groups is 1. The quantitative estimate of drug-likeness (QED) is 0.792. The fourth-order valence-corrected chi connectivity index (χ4v) is 3.51. The van der Waals surface area contributed by atoms with Crippen LogP contribution in [0.25, 0.3) is 0 Å². The molecule has 1 aromatic heterocycles. The van der Waals surface area contributed by atoms with Crippen molar-refractivity contribution in [3.8, 4) is 0 Å². The fourth-order valence-electron chi connectivity index (χ4n) is 1.90. The first-order valence-corrected chi connectivity index (χ1v) is 8.00. The van der Waals surface area contributed by atoms with Crippen LogP contribution in [-0.2, 0) is 14.6 Å². The lowest BCUT2D eigenvalue weighted by Gasteiger charge is -2.23. The first-order chi connectivity index (χ1) is 8.96. The molecule has 1 saturated heterocycles. The summed E-state index contributed by atoms with van der Waals surface area (Å²) >= 11 is 5.82. The Balaban J connectivity index is 1.93. The lowest BCUT2D eigenvalue weighted by atomic mass is 10.2. The van der Waals surface area contributed by atoms with Gasteiger partial charge in [-0.15, -0.1) is 0 Å². The number of nitrogens with one attached hydrogen (secondary N) is 2. The van der Waals surface area contributed by atoms with Gasteiger partial charge in [0, 0.05) is 25.2 Å². The molecular formula is C11H14ClN3O3S. The van der Waals surface area contributed by atoms with E-state index >= 15 is 0 Å². The maximum atomic E-state index is 11.8. The fraction of sp³-hybridized carbons (Fsp3) is 0.455. The van der Waals surface area contributed by atoms with Crippen LogP contribution in [0.2, 0.25) is 5.15 Å². The van der Waals surface area contributed by atoms with Crippen LogP contribution in [0.4, 0.5) is 5.69 Å². The van der Waals surface area contributed by atoms with E-state index in [1.807, 2.05) is 0 Å². The Morgan fingerprint density at radius 1 is 1.58 bits per heavy atom. The molecule has 0 aromatic carbocycles. The van der Waals surface area contributed by atoms with Crippen LogP contribution in [-0.4, -0.2) is 43.4 Å². The third-order valence-electron chi connectivity index (χ3n) is 2.77. The maximum absolute atomic E-state index is 11.8. The third-order valence-corrected chi connectivity index (χ3v) is 4.80. The van der Waals surface area contributed by atoms with Crippen molar-refractivity contribution < 1.29 is 13.2 Å². The largest absolute Gasteiger partial charge is 0.323 e. The molecule has 104 valence electrons. The Labute approximate surface area is 116 Å². The third kappa shape index (κ3) is 4.15. The van der Waals surface area contributed by atoms with Gasteiger partial charge in [0.15, 0.2) is 15.0 Å². The minimum absolute atomic E-state index is 0.0127. The van der Waals surface area contributed by atoms with Crippen LogP contribution in [0.15, 0.2) is 18.3 Å². The van der Waals surface area contributed by atoms with Crippen molar-refractivity contribution in [2.45, 2.75) is 12.5 Å². The van der Waals surface area contributed by atoms with Crippen molar-refractivity contribution in [3.63, 3.8) is 0 Å². The number of hydrogen-bond donors (Lipinski definition) is 2. The number of pyridine rings is 1. The number of rotatable bonds is 3. The van der Waals surface area contributed by atoms with E-state index in [4.69, 9.17) is 11.6 Å². The van der Waals surface area contributed by atoms with Gasteiger partial charge in [0.1, 0.15) is 0 Å². The Morgan fingerprint density at radius 2 is 2.37 bits per heavy atom. The average molecular weight is 304 g/mol. The van der Waals surface area contributed by atoms with Crippen molar-refractivity contribution >= 4 is 33.0 Å². The van der Waals surface area contributed by atoms with Gasteiger partial charge < -0.3 is 10.6 Å². The van der Waals surface area contributed by atoms with Crippen molar-refractivity contribution in [1.29, 1.82) is 0 Å².